The molecule has 0 bridgehead atoms. The van der Waals surface area contributed by atoms with E-state index in [1.165, 1.54) is 9.13 Å². The van der Waals surface area contributed by atoms with E-state index in [1.807, 2.05) is 0 Å². The van der Waals surface area contributed by atoms with Crippen LogP contribution in [0.2, 0.25) is 0 Å². The van der Waals surface area contributed by atoms with Crippen molar-refractivity contribution in [2.24, 2.45) is 5.84 Å². The summed E-state index contributed by atoms with van der Waals surface area (Å²) in [6.45, 7) is 0. The van der Waals surface area contributed by atoms with Gasteiger partial charge in [0.15, 0.2) is 0 Å². The average molecular weight is 328 g/mol. The largest absolute Gasteiger partial charge is 0.347 e. The summed E-state index contributed by atoms with van der Waals surface area (Å²) in [5.74, 6) is 6.39. The van der Waals surface area contributed by atoms with Crippen LogP contribution in [0, 0.1) is 3.57 Å². The molecule has 5 heteroatoms. The second-order valence-corrected chi connectivity index (χ2v) is 4.77. The van der Waals surface area contributed by atoms with Crippen molar-refractivity contribution in [3.8, 4) is 0 Å². The summed E-state index contributed by atoms with van der Waals surface area (Å²) in [4.78, 5) is 7.27. The lowest BCUT2D eigenvalue weighted by Crippen LogP contribution is -2.30. The third kappa shape index (κ3) is 2.81. The molecule has 0 aliphatic carbocycles. The summed E-state index contributed by atoms with van der Waals surface area (Å²) in [7, 11) is 0. The molecule has 0 aliphatic heterocycles. The molecule has 0 amide bonds. The van der Waals surface area contributed by atoms with Crippen molar-refractivity contribution in [3.63, 3.8) is 0 Å². The van der Waals surface area contributed by atoms with Crippen molar-refractivity contribution in [1.82, 2.24) is 15.4 Å². The Labute approximate surface area is 108 Å². The number of halogens is 1. The van der Waals surface area contributed by atoms with Crippen LogP contribution in [-0.2, 0) is 6.42 Å². The predicted molar refractivity (Wildman–Crippen MR) is 71.5 cm³/mol. The number of nitrogens with one attached hydrogen (secondary N) is 2. The minimum Gasteiger partial charge on any atom is -0.347 e. The van der Waals surface area contributed by atoms with E-state index < -0.39 is 0 Å². The van der Waals surface area contributed by atoms with E-state index in [0.29, 0.717) is 0 Å². The van der Waals surface area contributed by atoms with Crippen LogP contribution in [0.5, 0.6) is 0 Å². The molecule has 2 rings (SSSR count). The normalized spacial score (nSPS) is 12.6. The Morgan fingerprint density at radius 1 is 1.38 bits per heavy atom. The maximum absolute atomic E-state index is 5.53. The quantitative estimate of drug-likeness (QED) is 0.455. The molecule has 84 valence electrons. The van der Waals surface area contributed by atoms with Gasteiger partial charge >= 0.3 is 0 Å². The molecule has 1 atom stereocenters. The van der Waals surface area contributed by atoms with Gasteiger partial charge in [0, 0.05) is 16.0 Å². The number of imidazole rings is 1. The Balaban J connectivity index is 2.10. The molecule has 0 saturated carbocycles. The number of nitrogens with zero attached hydrogens (tertiary/aromatic N) is 1. The second kappa shape index (κ2) is 5.42. The topological polar surface area (TPSA) is 66.7 Å². The molecule has 1 heterocycles. The summed E-state index contributed by atoms with van der Waals surface area (Å²) in [6, 6.07) is 8.41. The van der Waals surface area contributed by atoms with E-state index in [2.05, 4.69) is 62.3 Å². The first-order valence-corrected chi connectivity index (χ1v) is 6.07. The molecule has 0 aliphatic rings. The SMILES string of the molecule is NNC(Cc1ccc(I)cc1)c1ncc[nH]1. The van der Waals surface area contributed by atoms with Gasteiger partial charge < -0.3 is 4.98 Å². The number of nitrogens with two attached hydrogens (primary N) is 1. The third-order valence-electron chi connectivity index (χ3n) is 2.40. The van der Waals surface area contributed by atoms with Gasteiger partial charge in [-0.05, 0) is 46.7 Å². The second-order valence-electron chi connectivity index (χ2n) is 3.52. The van der Waals surface area contributed by atoms with Gasteiger partial charge in [0.25, 0.3) is 0 Å². The van der Waals surface area contributed by atoms with Gasteiger partial charge in [0.2, 0.25) is 0 Å². The van der Waals surface area contributed by atoms with E-state index in [0.717, 1.165) is 12.2 Å². The minimum absolute atomic E-state index is 0.0232. The summed E-state index contributed by atoms with van der Waals surface area (Å²) in [5.41, 5.74) is 4.01. The highest BCUT2D eigenvalue weighted by molar-refractivity contribution is 14.1. The molecule has 0 fully saturated rings. The lowest BCUT2D eigenvalue weighted by molar-refractivity contribution is 0.527. The van der Waals surface area contributed by atoms with E-state index in [1.54, 1.807) is 12.4 Å². The van der Waals surface area contributed by atoms with Crippen molar-refractivity contribution >= 4 is 22.6 Å². The van der Waals surface area contributed by atoms with Crippen LogP contribution in [0.4, 0.5) is 0 Å². The highest BCUT2D eigenvalue weighted by Crippen LogP contribution is 2.15. The van der Waals surface area contributed by atoms with Gasteiger partial charge in [-0.2, -0.15) is 0 Å². The van der Waals surface area contributed by atoms with Crippen molar-refractivity contribution in [3.05, 3.63) is 51.6 Å². The van der Waals surface area contributed by atoms with Gasteiger partial charge in [-0.1, -0.05) is 12.1 Å². The minimum atomic E-state index is 0.0232. The Bertz CT molecular complexity index is 424. The summed E-state index contributed by atoms with van der Waals surface area (Å²) in [6.07, 6.45) is 4.35. The van der Waals surface area contributed by atoms with Gasteiger partial charge in [-0.25, -0.2) is 10.4 Å². The molecule has 4 nitrogen and oxygen atoms in total. The molecule has 16 heavy (non-hydrogen) atoms. The van der Waals surface area contributed by atoms with E-state index in [9.17, 15) is 0 Å². The zero-order valence-electron chi connectivity index (χ0n) is 8.65. The van der Waals surface area contributed by atoms with Crippen LogP contribution in [0.25, 0.3) is 0 Å². The van der Waals surface area contributed by atoms with E-state index in [4.69, 9.17) is 5.84 Å². The maximum atomic E-state index is 5.53. The number of rotatable bonds is 4. The monoisotopic (exact) mass is 328 g/mol. The molecule has 4 N–H and O–H groups in total. The number of aromatic nitrogens is 2. The fourth-order valence-corrected chi connectivity index (χ4v) is 1.92. The number of hydrogen-bond acceptors (Lipinski definition) is 3. The number of benzene rings is 1. The molecule has 1 aromatic heterocycles. The molecule has 0 spiro atoms. The Hall–Kier alpha value is -0.920. The van der Waals surface area contributed by atoms with Crippen LogP contribution in [-0.4, -0.2) is 9.97 Å². The molecule has 0 radical (unpaired) electrons. The fraction of sp³-hybridized carbons (Fsp3) is 0.182. The maximum Gasteiger partial charge on any atom is 0.124 e. The fourth-order valence-electron chi connectivity index (χ4n) is 1.56. The molecular weight excluding hydrogens is 315 g/mol. The zero-order chi connectivity index (χ0) is 11.4. The molecule has 2 aromatic rings. The van der Waals surface area contributed by atoms with Crippen LogP contribution in [0.1, 0.15) is 17.4 Å². The lowest BCUT2D eigenvalue weighted by atomic mass is 10.1. The lowest BCUT2D eigenvalue weighted by Gasteiger charge is -2.13. The summed E-state index contributed by atoms with van der Waals surface area (Å²) in [5, 5.41) is 0. The predicted octanol–water partition coefficient (Wildman–Crippen LogP) is 1.76. The van der Waals surface area contributed by atoms with Gasteiger partial charge in [0.1, 0.15) is 5.82 Å². The first-order chi connectivity index (χ1) is 7.79. The summed E-state index contributed by atoms with van der Waals surface area (Å²) < 4.78 is 1.23. The zero-order valence-corrected chi connectivity index (χ0v) is 10.8. The van der Waals surface area contributed by atoms with Crippen molar-refractivity contribution in [2.45, 2.75) is 12.5 Å². The van der Waals surface area contributed by atoms with E-state index >= 15 is 0 Å². The van der Waals surface area contributed by atoms with E-state index in [-0.39, 0.29) is 6.04 Å². The van der Waals surface area contributed by atoms with Crippen LogP contribution in [0.3, 0.4) is 0 Å². The van der Waals surface area contributed by atoms with Crippen molar-refractivity contribution < 1.29 is 0 Å². The molecular formula is C11H13IN4. The van der Waals surface area contributed by atoms with Crippen molar-refractivity contribution in [2.75, 3.05) is 0 Å². The Kier molecular flexibility index (Phi) is 3.92. The van der Waals surface area contributed by atoms with Gasteiger partial charge in [-0.15, -0.1) is 0 Å². The number of hydrazine groups is 1. The smallest absolute Gasteiger partial charge is 0.124 e. The molecule has 0 saturated heterocycles. The van der Waals surface area contributed by atoms with Crippen LogP contribution in [0.15, 0.2) is 36.7 Å². The first-order valence-electron chi connectivity index (χ1n) is 4.99. The van der Waals surface area contributed by atoms with Crippen LogP contribution >= 0.6 is 22.6 Å². The van der Waals surface area contributed by atoms with Crippen LogP contribution < -0.4 is 11.3 Å². The molecule has 1 aromatic carbocycles. The number of H-pyrrole nitrogens is 1. The Morgan fingerprint density at radius 3 is 2.69 bits per heavy atom. The molecule has 1 unspecified atom stereocenters. The van der Waals surface area contributed by atoms with Gasteiger partial charge in [0.05, 0.1) is 6.04 Å². The summed E-state index contributed by atoms with van der Waals surface area (Å²) >= 11 is 2.29. The number of hydrogen-bond donors (Lipinski definition) is 3. The Morgan fingerprint density at radius 2 is 2.12 bits per heavy atom. The average Bonchev–Trinajstić information content (AvgIpc) is 2.82. The highest BCUT2D eigenvalue weighted by atomic mass is 127. The first kappa shape index (κ1) is 11.6. The highest BCUT2D eigenvalue weighted by Gasteiger charge is 2.12. The standard InChI is InChI=1S/C11H13IN4/c12-9-3-1-8(2-4-9)7-10(16-13)11-14-5-6-15-11/h1-6,10,16H,7,13H2,(H,14,15). The number of aromatic amines is 1. The third-order valence-corrected chi connectivity index (χ3v) is 3.12. The van der Waals surface area contributed by atoms with Gasteiger partial charge in [-0.3, -0.25) is 5.84 Å². The van der Waals surface area contributed by atoms with Crippen molar-refractivity contribution in [1.29, 1.82) is 0 Å².